The summed E-state index contributed by atoms with van der Waals surface area (Å²) in [5.74, 6) is 0. The van der Waals surface area contributed by atoms with E-state index < -0.39 is 0 Å². The van der Waals surface area contributed by atoms with Gasteiger partial charge >= 0.3 is 0 Å². The van der Waals surface area contributed by atoms with E-state index >= 15 is 0 Å². The fourth-order valence-electron chi connectivity index (χ4n) is 2.53. The highest BCUT2D eigenvalue weighted by Crippen LogP contribution is 2.41. The van der Waals surface area contributed by atoms with Gasteiger partial charge in [0, 0.05) is 0 Å². The average molecular weight is 219 g/mol. The molecule has 2 aliphatic carbocycles. The predicted molar refractivity (Wildman–Crippen MR) is 72.4 cm³/mol. The molecule has 0 amide bonds. The molecule has 1 radical (unpaired) electrons. The molecule has 0 aliphatic heterocycles. The van der Waals surface area contributed by atoms with Crippen LogP contribution in [-0.4, -0.2) is 0 Å². The lowest BCUT2D eigenvalue weighted by molar-refractivity contribution is 1.28. The van der Waals surface area contributed by atoms with Gasteiger partial charge in [-0.3, -0.25) is 0 Å². The molecule has 0 N–H and O–H groups in total. The normalized spacial score (nSPS) is 16.9. The van der Waals surface area contributed by atoms with Gasteiger partial charge in [0.05, 0.1) is 0 Å². The lowest BCUT2D eigenvalue weighted by Gasteiger charge is -2.10. The maximum Gasteiger partial charge on any atom is -0.00109 e. The summed E-state index contributed by atoms with van der Waals surface area (Å²) >= 11 is 0. The minimum Gasteiger partial charge on any atom is -0.0801 e. The summed E-state index contributed by atoms with van der Waals surface area (Å²) in [5, 5.41) is 0. The third-order valence-corrected chi connectivity index (χ3v) is 3.30. The Kier molecular flexibility index (Phi) is 2.36. The summed E-state index contributed by atoms with van der Waals surface area (Å²) in [6, 6.07) is 8.53. The number of hydrogen-bond donors (Lipinski definition) is 0. The molecule has 0 saturated carbocycles. The molecular weight excluding hydrogens is 204 g/mol. The molecule has 17 heavy (non-hydrogen) atoms. The highest BCUT2D eigenvalue weighted by Gasteiger charge is 2.22. The summed E-state index contributed by atoms with van der Waals surface area (Å²) in [6.07, 6.45) is 11.1. The van der Waals surface area contributed by atoms with Gasteiger partial charge in [-0.05, 0) is 54.2 Å². The molecule has 0 spiro atoms. The van der Waals surface area contributed by atoms with Gasteiger partial charge in [0.25, 0.3) is 0 Å². The first-order valence-electron chi connectivity index (χ1n) is 6.04. The van der Waals surface area contributed by atoms with Crippen LogP contribution in [0.3, 0.4) is 0 Å². The first-order valence-corrected chi connectivity index (χ1v) is 6.04. The lowest BCUT2D eigenvalue weighted by Crippen LogP contribution is -1.90. The Balaban J connectivity index is 2.16. The molecular formula is C17H15. The molecule has 0 aromatic heterocycles. The van der Waals surface area contributed by atoms with Crippen LogP contribution < -0.4 is 0 Å². The van der Waals surface area contributed by atoms with Crippen molar-refractivity contribution >= 4 is 5.57 Å². The molecule has 0 heterocycles. The summed E-state index contributed by atoms with van der Waals surface area (Å²) in [7, 11) is 0. The predicted octanol–water partition coefficient (Wildman–Crippen LogP) is 4.46. The van der Waals surface area contributed by atoms with Crippen LogP contribution in [0.5, 0.6) is 0 Å². The molecule has 0 unspecified atom stereocenters. The van der Waals surface area contributed by atoms with Crippen LogP contribution in [0, 0.1) is 6.08 Å². The van der Waals surface area contributed by atoms with Crippen molar-refractivity contribution < 1.29 is 0 Å². The monoisotopic (exact) mass is 219 g/mol. The van der Waals surface area contributed by atoms with E-state index in [2.05, 4.69) is 62.4 Å². The minimum atomic E-state index is 1.03. The van der Waals surface area contributed by atoms with Gasteiger partial charge in [-0.25, -0.2) is 0 Å². The van der Waals surface area contributed by atoms with E-state index in [1.165, 1.54) is 33.4 Å². The van der Waals surface area contributed by atoms with Crippen LogP contribution in [0.2, 0.25) is 0 Å². The summed E-state index contributed by atoms with van der Waals surface area (Å²) in [5.41, 5.74) is 7.97. The topological polar surface area (TPSA) is 0 Å². The van der Waals surface area contributed by atoms with Crippen molar-refractivity contribution in [3.8, 4) is 0 Å². The first-order chi connectivity index (χ1) is 8.27. The Labute approximate surface area is 103 Å². The van der Waals surface area contributed by atoms with E-state index in [1.807, 2.05) is 0 Å². The zero-order chi connectivity index (χ0) is 11.8. The third kappa shape index (κ3) is 1.61. The van der Waals surface area contributed by atoms with Gasteiger partial charge in [0.1, 0.15) is 0 Å². The van der Waals surface area contributed by atoms with Crippen molar-refractivity contribution in [3.05, 3.63) is 76.4 Å². The Morgan fingerprint density at radius 3 is 2.71 bits per heavy atom. The SMILES string of the molecule is CC(C)=C1C(C2=CC=CC2)=[C]c2ccccc21. The van der Waals surface area contributed by atoms with Crippen LogP contribution >= 0.6 is 0 Å². The van der Waals surface area contributed by atoms with Crippen LogP contribution in [0.25, 0.3) is 5.57 Å². The van der Waals surface area contributed by atoms with E-state index in [4.69, 9.17) is 0 Å². The van der Waals surface area contributed by atoms with Crippen molar-refractivity contribution in [2.45, 2.75) is 20.3 Å². The van der Waals surface area contributed by atoms with Gasteiger partial charge in [-0.15, -0.1) is 0 Å². The molecule has 0 heteroatoms. The molecule has 0 atom stereocenters. The molecule has 3 rings (SSSR count). The lowest BCUT2D eigenvalue weighted by atomic mass is 9.93. The van der Waals surface area contributed by atoms with E-state index in [0.29, 0.717) is 0 Å². The molecule has 0 bridgehead atoms. The first kappa shape index (κ1) is 10.3. The maximum absolute atomic E-state index is 3.56. The Morgan fingerprint density at radius 2 is 2.00 bits per heavy atom. The molecule has 83 valence electrons. The number of benzene rings is 1. The van der Waals surface area contributed by atoms with Crippen molar-refractivity contribution in [1.82, 2.24) is 0 Å². The summed E-state index contributed by atoms with van der Waals surface area (Å²) in [6.45, 7) is 4.37. The van der Waals surface area contributed by atoms with E-state index in [1.54, 1.807) is 0 Å². The minimum absolute atomic E-state index is 1.03. The van der Waals surface area contributed by atoms with Crippen molar-refractivity contribution in [2.75, 3.05) is 0 Å². The van der Waals surface area contributed by atoms with E-state index in [9.17, 15) is 0 Å². The van der Waals surface area contributed by atoms with Gasteiger partial charge in [-0.1, -0.05) is 48.1 Å². The molecule has 0 saturated heterocycles. The smallest absolute Gasteiger partial charge is 0.00109 e. The van der Waals surface area contributed by atoms with Crippen LogP contribution in [0.15, 0.2) is 59.2 Å². The standard InChI is InChI=1S/C17H15/c1-12(2)17-15-10-6-5-9-14(15)11-16(17)13-7-3-4-8-13/h3-7,9-10H,8H2,1-2H3. The van der Waals surface area contributed by atoms with E-state index in [0.717, 1.165) is 6.42 Å². The Hall–Kier alpha value is -1.82. The van der Waals surface area contributed by atoms with Crippen LogP contribution in [0.1, 0.15) is 31.4 Å². The largest absolute Gasteiger partial charge is 0.0801 e. The van der Waals surface area contributed by atoms with E-state index in [-0.39, 0.29) is 0 Å². The molecule has 1 aromatic rings. The van der Waals surface area contributed by atoms with Gasteiger partial charge < -0.3 is 0 Å². The van der Waals surface area contributed by atoms with Crippen molar-refractivity contribution in [2.24, 2.45) is 0 Å². The summed E-state index contributed by atoms with van der Waals surface area (Å²) < 4.78 is 0. The molecule has 1 aromatic carbocycles. The highest BCUT2D eigenvalue weighted by atomic mass is 14.3. The quantitative estimate of drug-likeness (QED) is 0.654. The van der Waals surface area contributed by atoms with Gasteiger partial charge in [-0.2, -0.15) is 0 Å². The third-order valence-electron chi connectivity index (χ3n) is 3.30. The number of rotatable bonds is 1. The Morgan fingerprint density at radius 1 is 1.18 bits per heavy atom. The number of fused-ring (bicyclic) bond motifs is 1. The van der Waals surface area contributed by atoms with Gasteiger partial charge in [0.2, 0.25) is 0 Å². The second-order valence-corrected chi connectivity index (χ2v) is 4.74. The zero-order valence-electron chi connectivity index (χ0n) is 10.2. The molecule has 0 fully saturated rings. The maximum atomic E-state index is 3.56. The highest BCUT2D eigenvalue weighted by molar-refractivity contribution is 5.91. The van der Waals surface area contributed by atoms with Crippen LogP contribution in [-0.2, 0) is 0 Å². The second-order valence-electron chi connectivity index (χ2n) is 4.74. The van der Waals surface area contributed by atoms with Crippen LogP contribution in [0.4, 0.5) is 0 Å². The molecule has 2 aliphatic rings. The number of allylic oxidation sites excluding steroid dienone is 7. The zero-order valence-corrected chi connectivity index (χ0v) is 10.2. The van der Waals surface area contributed by atoms with Gasteiger partial charge in [0.15, 0.2) is 0 Å². The Bertz CT molecular complexity index is 588. The summed E-state index contributed by atoms with van der Waals surface area (Å²) in [4.78, 5) is 0. The number of hydrogen-bond acceptors (Lipinski definition) is 0. The second kappa shape index (κ2) is 3.89. The van der Waals surface area contributed by atoms with Crippen molar-refractivity contribution in [1.29, 1.82) is 0 Å². The van der Waals surface area contributed by atoms with Crippen molar-refractivity contribution in [3.63, 3.8) is 0 Å². The molecule has 0 nitrogen and oxygen atoms in total. The average Bonchev–Trinajstić information content (AvgIpc) is 2.95. The fraction of sp³-hybridized carbons (Fsp3) is 0.176. The fourth-order valence-corrected chi connectivity index (χ4v) is 2.53.